The van der Waals surface area contributed by atoms with Crippen LogP contribution >= 0.6 is 0 Å². The van der Waals surface area contributed by atoms with E-state index in [1.54, 1.807) is 7.11 Å². The fourth-order valence-corrected chi connectivity index (χ4v) is 1.93. The molecule has 98 valence electrons. The van der Waals surface area contributed by atoms with Crippen LogP contribution in [0.15, 0.2) is 16.7 Å². The highest BCUT2D eigenvalue weighted by Gasteiger charge is 2.14. The third kappa shape index (κ3) is 4.50. The van der Waals surface area contributed by atoms with Crippen molar-refractivity contribution < 1.29 is 9.15 Å². The van der Waals surface area contributed by atoms with Crippen molar-refractivity contribution in [1.29, 1.82) is 0 Å². The Morgan fingerprint density at radius 1 is 1.53 bits per heavy atom. The lowest BCUT2D eigenvalue weighted by Gasteiger charge is -2.26. The zero-order valence-electron chi connectivity index (χ0n) is 11.3. The minimum absolute atomic E-state index is 0.405. The normalized spacial score (nSPS) is 13.2. The number of rotatable bonds is 8. The van der Waals surface area contributed by atoms with Gasteiger partial charge in [0.25, 0.3) is 0 Å². The Hall–Kier alpha value is -0.840. The van der Waals surface area contributed by atoms with Crippen molar-refractivity contribution in [3.63, 3.8) is 0 Å². The van der Waals surface area contributed by atoms with Crippen LogP contribution in [-0.2, 0) is 17.8 Å². The molecule has 0 saturated heterocycles. The Morgan fingerprint density at radius 2 is 2.29 bits per heavy atom. The van der Waals surface area contributed by atoms with E-state index in [9.17, 15) is 0 Å². The van der Waals surface area contributed by atoms with Crippen LogP contribution in [0.5, 0.6) is 0 Å². The summed E-state index contributed by atoms with van der Waals surface area (Å²) in [7, 11) is 3.67. The number of likely N-dealkylation sites (N-methyl/N-ethyl adjacent to an activating group) is 1. The summed E-state index contributed by atoms with van der Waals surface area (Å²) in [5, 5.41) is 3.11. The van der Waals surface area contributed by atoms with Gasteiger partial charge in [-0.3, -0.25) is 4.90 Å². The molecule has 0 aliphatic heterocycles. The molecule has 1 aromatic heterocycles. The maximum absolute atomic E-state index is 5.56. The molecule has 4 nitrogen and oxygen atoms in total. The fourth-order valence-electron chi connectivity index (χ4n) is 1.93. The predicted molar refractivity (Wildman–Crippen MR) is 68.9 cm³/mol. The summed E-state index contributed by atoms with van der Waals surface area (Å²) in [5.41, 5.74) is 1.19. The average molecular weight is 240 g/mol. The van der Waals surface area contributed by atoms with Crippen molar-refractivity contribution in [2.75, 3.05) is 27.3 Å². The first kappa shape index (κ1) is 14.2. The molecule has 0 aliphatic rings. The molecule has 1 heterocycles. The van der Waals surface area contributed by atoms with Gasteiger partial charge in [0.05, 0.1) is 19.4 Å². The largest absolute Gasteiger partial charge is 0.468 e. The summed E-state index contributed by atoms with van der Waals surface area (Å²) < 4.78 is 10.7. The SMILES string of the molecule is CCN(Cc1cc(CNC)co1)C(C)COC. The number of furan rings is 1. The van der Waals surface area contributed by atoms with Crippen LogP contribution in [0, 0.1) is 0 Å². The lowest BCUT2D eigenvalue weighted by atomic mass is 10.2. The number of hydrogen-bond acceptors (Lipinski definition) is 4. The molecular weight excluding hydrogens is 216 g/mol. The fraction of sp³-hybridized carbons (Fsp3) is 0.692. The molecule has 0 aliphatic carbocycles. The zero-order chi connectivity index (χ0) is 12.7. The summed E-state index contributed by atoms with van der Waals surface area (Å²) in [6.45, 7) is 7.76. The standard InChI is InChI=1S/C13H24N2O2/c1-5-15(11(2)9-16-4)8-13-6-12(7-14-3)10-17-13/h6,10-11,14H,5,7-9H2,1-4H3. The second-order valence-corrected chi connectivity index (χ2v) is 4.32. The summed E-state index contributed by atoms with van der Waals surface area (Å²) in [5.74, 6) is 1.01. The van der Waals surface area contributed by atoms with Gasteiger partial charge in [-0.25, -0.2) is 0 Å². The second kappa shape index (κ2) is 7.48. The summed E-state index contributed by atoms with van der Waals surface area (Å²) in [4.78, 5) is 2.34. The number of ether oxygens (including phenoxy) is 1. The molecule has 1 atom stereocenters. The Morgan fingerprint density at radius 3 is 2.88 bits per heavy atom. The van der Waals surface area contributed by atoms with Gasteiger partial charge in [-0.05, 0) is 26.6 Å². The van der Waals surface area contributed by atoms with Gasteiger partial charge in [-0.15, -0.1) is 0 Å². The van der Waals surface area contributed by atoms with E-state index in [2.05, 4.69) is 30.1 Å². The highest BCUT2D eigenvalue weighted by molar-refractivity contribution is 5.12. The quantitative estimate of drug-likeness (QED) is 0.752. The van der Waals surface area contributed by atoms with E-state index in [0.29, 0.717) is 6.04 Å². The maximum Gasteiger partial charge on any atom is 0.118 e. The van der Waals surface area contributed by atoms with E-state index >= 15 is 0 Å². The first-order chi connectivity index (χ1) is 8.21. The van der Waals surface area contributed by atoms with Gasteiger partial charge in [-0.2, -0.15) is 0 Å². The summed E-state index contributed by atoms with van der Waals surface area (Å²) in [6, 6.07) is 2.52. The Bertz CT molecular complexity index is 312. The van der Waals surface area contributed by atoms with Crippen molar-refractivity contribution in [2.24, 2.45) is 0 Å². The van der Waals surface area contributed by atoms with E-state index in [4.69, 9.17) is 9.15 Å². The van der Waals surface area contributed by atoms with Crippen molar-refractivity contribution in [3.05, 3.63) is 23.7 Å². The molecule has 1 N–H and O–H groups in total. The molecular formula is C13H24N2O2. The van der Waals surface area contributed by atoms with Crippen molar-refractivity contribution in [2.45, 2.75) is 33.0 Å². The number of nitrogens with one attached hydrogen (secondary N) is 1. The molecule has 17 heavy (non-hydrogen) atoms. The van der Waals surface area contributed by atoms with Gasteiger partial charge in [0.1, 0.15) is 5.76 Å². The van der Waals surface area contributed by atoms with Gasteiger partial charge in [0.2, 0.25) is 0 Å². The van der Waals surface area contributed by atoms with Crippen LogP contribution in [0.3, 0.4) is 0 Å². The second-order valence-electron chi connectivity index (χ2n) is 4.32. The van der Waals surface area contributed by atoms with Crippen LogP contribution < -0.4 is 5.32 Å². The van der Waals surface area contributed by atoms with Crippen LogP contribution in [-0.4, -0.2) is 38.3 Å². The molecule has 1 rings (SSSR count). The van der Waals surface area contributed by atoms with Gasteiger partial charge >= 0.3 is 0 Å². The molecule has 0 aromatic carbocycles. The topological polar surface area (TPSA) is 37.6 Å². The predicted octanol–water partition coefficient (Wildman–Crippen LogP) is 1.86. The number of hydrogen-bond donors (Lipinski definition) is 1. The van der Waals surface area contributed by atoms with E-state index in [1.807, 2.05) is 13.3 Å². The van der Waals surface area contributed by atoms with Crippen LogP contribution in [0.4, 0.5) is 0 Å². The lowest BCUT2D eigenvalue weighted by Crippen LogP contribution is -2.35. The van der Waals surface area contributed by atoms with E-state index in [0.717, 1.165) is 32.0 Å². The molecule has 0 radical (unpaired) electrons. The maximum atomic E-state index is 5.56. The minimum Gasteiger partial charge on any atom is -0.468 e. The van der Waals surface area contributed by atoms with Gasteiger partial charge in [0, 0.05) is 25.3 Å². The Labute approximate surface area is 104 Å². The van der Waals surface area contributed by atoms with Gasteiger partial charge in [0.15, 0.2) is 0 Å². The molecule has 1 aromatic rings. The Kier molecular flexibility index (Phi) is 6.26. The third-order valence-corrected chi connectivity index (χ3v) is 2.89. The first-order valence-electron chi connectivity index (χ1n) is 6.15. The molecule has 1 unspecified atom stereocenters. The van der Waals surface area contributed by atoms with E-state index < -0.39 is 0 Å². The highest BCUT2D eigenvalue weighted by atomic mass is 16.5. The molecule has 0 bridgehead atoms. The van der Waals surface area contributed by atoms with Crippen LogP contribution in [0.25, 0.3) is 0 Å². The molecule has 0 spiro atoms. The molecule has 0 amide bonds. The van der Waals surface area contributed by atoms with E-state index in [-0.39, 0.29) is 0 Å². The van der Waals surface area contributed by atoms with Gasteiger partial charge in [-0.1, -0.05) is 6.92 Å². The zero-order valence-corrected chi connectivity index (χ0v) is 11.3. The lowest BCUT2D eigenvalue weighted by molar-refractivity contribution is 0.0936. The Balaban J connectivity index is 2.54. The minimum atomic E-state index is 0.405. The summed E-state index contributed by atoms with van der Waals surface area (Å²) in [6.07, 6.45) is 1.82. The smallest absolute Gasteiger partial charge is 0.118 e. The number of nitrogens with zero attached hydrogens (tertiary/aromatic N) is 1. The van der Waals surface area contributed by atoms with Crippen LogP contribution in [0.1, 0.15) is 25.2 Å². The first-order valence-corrected chi connectivity index (χ1v) is 6.15. The average Bonchev–Trinajstić information content (AvgIpc) is 2.74. The van der Waals surface area contributed by atoms with Crippen molar-refractivity contribution in [3.8, 4) is 0 Å². The molecule has 0 fully saturated rings. The van der Waals surface area contributed by atoms with Crippen LogP contribution in [0.2, 0.25) is 0 Å². The monoisotopic (exact) mass is 240 g/mol. The van der Waals surface area contributed by atoms with Crippen molar-refractivity contribution >= 4 is 0 Å². The molecule has 4 heteroatoms. The summed E-state index contributed by atoms with van der Waals surface area (Å²) >= 11 is 0. The third-order valence-electron chi connectivity index (χ3n) is 2.89. The highest BCUT2D eigenvalue weighted by Crippen LogP contribution is 2.12. The number of methoxy groups -OCH3 is 1. The molecule has 0 saturated carbocycles. The van der Waals surface area contributed by atoms with E-state index in [1.165, 1.54) is 5.56 Å². The van der Waals surface area contributed by atoms with Crippen molar-refractivity contribution in [1.82, 2.24) is 10.2 Å². The van der Waals surface area contributed by atoms with Gasteiger partial charge < -0.3 is 14.5 Å².